The van der Waals surface area contributed by atoms with Crippen molar-refractivity contribution < 1.29 is 18.3 Å². The van der Waals surface area contributed by atoms with Crippen LogP contribution in [0.4, 0.5) is 0 Å². The molecule has 15 heavy (non-hydrogen) atoms. The van der Waals surface area contributed by atoms with Gasteiger partial charge in [0, 0.05) is 13.1 Å². The monoisotopic (exact) mass is 237 g/mol. The molecule has 1 saturated heterocycles. The first-order chi connectivity index (χ1) is 7.20. The van der Waals surface area contributed by atoms with Gasteiger partial charge in [-0.3, -0.25) is 9.05 Å². The number of ether oxygens (including phenoxy) is 1. The summed E-state index contributed by atoms with van der Waals surface area (Å²) in [6.07, 6.45) is 0. The van der Waals surface area contributed by atoms with Crippen LogP contribution in [0.25, 0.3) is 0 Å². The summed E-state index contributed by atoms with van der Waals surface area (Å²) < 4.78 is 27.3. The zero-order chi connectivity index (χ0) is 11.1. The van der Waals surface area contributed by atoms with Crippen molar-refractivity contribution in [3.8, 4) is 0 Å². The minimum absolute atomic E-state index is 0.325. The van der Waals surface area contributed by atoms with Gasteiger partial charge in [0.2, 0.25) is 0 Å². The Bertz CT molecular complexity index is 211. The summed E-state index contributed by atoms with van der Waals surface area (Å²) in [5.41, 5.74) is 0. The van der Waals surface area contributed by atoms with E-state index in [9.17, 15) is 4.57 Å². The Balaban J connectivity index is 2.45. The van der Waals surface area contributed by atoms with E-state index in [0.717, 1.165) is 0 Å². The first kappa shape index (κ1) is 13.1. The van der Waals surface area contributed by atoms with Crippen molar-refractivity contribution in [2.45, 2.75) is 13.8 Å². The molecule has 0 unspecified atom stereocenters. The van der Waals surface area contributed by atoms with Crippen molar-refractivity contribution in [3.05, 3.63) is 0 Å². The lowest BCUT2D eigenvalue weighted by Gasteiger charge is -2.27. The van der Waals surface area contributed by atoms with Crippen LogP contribution in [0.2, 0.25) is 0 Å². The third kappa shape index (κ3) is 4.59. The molecule has 1 aliphatic rings. The normalized spacial score (nSPS) is 19.3. The summed E-state index contributed by atoms with van der Waals surface area (Å²) >= 11 is 0. The van der Waals surface area contributed by atoms with Gasteiger partial charge in [0.1, 0.15) is 0 Å². The molecule has 0 spiro atoms. The molecule has 0 aromatic heterocycles. The molecular weight excluding hydrogens is 219 g/mol. The highest BCUT2D eigenvalue weighted by molar-refractivity contribution is 7.51. The van der Waals surface area contributed by atoms with Gasteiger partial charge in [-0.05, 0) is 19.0 Å². The molecule has 1 fully saturated rings. The Morgan fingerprint density at radius 3 is 2.27 bits per heavy atom. The van der Waals surface area contributed by atoms with Crippen molar-refractivity contribution in [3.63, 3.8) is 0 Å². The summed E-state index contributed by atoms with van der Waals surface area (Å²) in [6, 6.07) is 0. The quantitative estimate of drug-likeness (QED) is 0.645. The molecule has 0 bridgehead atoms. The highest BCUT2D eigenvalue weighted by Crippen LogP contribution is 2.45. The average molecular weight is 237 g/mol. The van der Waals surface area contributed by atoms with Crippen molar-refractivity contribution >= 4 is 7.75 Å². The van der Waals surface area contributed by atoms with E-state index in [1.54, 1.807) is 18.9 Å². The van der Waals surface area contributed by atoms with Gasteiger partial charge < -0.3 is 4.74 Å². The van der Waals surface area contributed by atoms with E-state index in [2.05, 4.69) is 5.20 Å². The number of nitrogens with zero attached hydrogens (tertiary/aromatic N) is 2. The van der Waals surface area contributed by atoms with Crippen molar-refractivity contribution in [2.24, 2.45) is 0 Å². The highest BCUT2D eigenvalue weighted by Gasteiger charge is 2.29. The largest absolute Gasteiger partial charge is 0.437 e. The van der Waals surface area contributed by atoms with E-state index < -0.39 is 7.75 Å². The van der Waals surface area contributed by atoms with E-state index >= 15 is 0 Å². The molecule has 7 heteroatoms. The fourth-order valence-electron chi connectivity index (χ4n) is 1.21. The van der Waals surface area contributed by atoms with Crippen molar-refractivity contribution in [2.75, 3.05) is 39.5 Å². The van der Waals surface area contributed by atoms with Crippen molar-refractivity contribution in [1.82, 2.24) is 10.2 Å². The third-order valence-electron chi connectivity index (χ3n) is 1.81. The van der Waals surface area contributed by atoms with E-state index in [-0.39, 0.29) is 0 Å². The molecule has 1 aliphatic heterocycles. The lowest BCUT2D eigenvalue weighted by molar-refractivity contribution is 0.0172. The van der Waals surface area contributed by atoms with E-state index in [4.69, 9.17) is 13.8 Å². The maximum absolute atomic E-state index is 12.0. The van der Waals surface area contributed by atoms with Crippen LogP contribution in [-0.2, 0) is 18.3 Å². The highest BCUT2D eigenvalue weighted by atomic mass is 31.2. The van der Waals surface area contributed by atoms with Crippen LogP contribution in [0, 0.1) is 0 Å². The van der Waals surface area contributed by atoms with Gasteiger partial charge >= 0.3 is 7.75 Å². The van der Waals surface area contributed by atoms with Crippen LogP contribution < -0.4 is 5.20 Å². The summed E-state index contributed by atoms with van der Waals surface area (Å²) in [5, 5.41) is 5.70. The molecule has 0 aromatic carbocycles. The van der Waals surface area contributed by atoms with Gasteiger partial charge in [0.25, 0.3) is 0 Å². The SMILES string of the molecule is CCOP(=O)([N]N1CCOCC1)OCC. The molecule has 0 atom stereocenters. The predicted octanol–water partition coefficient (Wildman–Crippen LogP) is 1.02. The molecular formula is C8H18N2O4P. The third-order valence-corrected chi connectivity index (χ3v) is 3.45. The Labute approximate surface area is 90.4 Å². The Morgan fingerprint density at radius 1 is 1.27 bits per heavy atom. The molecule has 1 heterocycles. The molecule has 0 saturated carbocycles. The smallest absolute Gasteiger partial charge is 0.379 e. The molecule has 1 radical (unpaired) electrons. The minimum atomic E-state index is -3.29. The summed E-state index contributed by atoms with van der Waals surface area (Å²) in [4.78, 5) is 0. The molecule has 1 rings (SSSR count). The topological polar surface area (TPSA) is 62.1 Å². The van der Waals surface area contributed by atoms with Crippen molar-refractivity contribution in [1.29, 1.82) is 0 Å². The number of hydrogen-bond acceptors (Lipinski definition) is 5. The number of morpholine rings is 1. The minimum Gasteiger partial charge on any atom is -0.379 e. The summed E-state index contributed by atoms with van der Waals surface area (Å²) in [5.74, 6) is 0. The average Bonchev–Trinajstić information content (AvgIpc) is 2.19. The van der Waals surface area contributed by atoms with Crippen LogP contribution in [0.3, 0.4) is 0 Å². The molecule has 0 amide bonds. The fraction of sp³-hybridized carbons (Fsp3) is 1.00. The van der Waals surface area contributed by atoms with Crippen LogP contribution in [0.5, 0.6) is 0 Å². The van der Waals surface area contributed by atoms with Gasteiger partial charge in [0.05, 0.1) is 26.4 Å². The summed E-state index contributed by atoms with van der Waals surface area (Å²) in [6.45, 7) is 6.63. The van der Waals surface area contributed by atoms with Crippen LogP contribution in [0.1, 0.15) is 13.8 Å². The zero-order valence-electron chi connectivity index (χ0n) is 9.22. The molecule has 6 nitrogen and oxygen atoms in total. The maximum atomic E-state index is 12.0. The van der Waals surface area contributed by atoms with Gasteiger partial charge in [-0.25, -0.2) is 9.57 Å². The standard InChI is InChI=1S/C8H18N2O4P/c1-3-13-15(11,14-4-2)9-10-5-7-12-8-6-10/h3-8H2,1-2H3. The Morgan fingerprint density at radius 2 is 1.80 bits per heavy atom. The fourth-order valence-corrected chi connectivity index (χ4v) is 2.53. The molecule has 89 valence electrons. The first-order valence-corrected chi connectivity index (χ1v) is 6.64. The maximum Gasteiger partial charge on any atom is 0.437 e. The molecule has 0 aromatic rings. The van der Waals surface area contributed by atoms with E-state index in [0.29, 0.717) is 39.5 Å². The lowest BCUT2D eigenvalue weighted by Crippen LogP contribution is -2.40. The van der Waals surface area contributed by atoms with Gasteiger partial charge in [-0.15, -0.1) is 0 Å². The number of rotatable bonds is 6. The predicted molar refractivity (Wildman–Crippen MR) is 55.4 cm³/mol. The van der Waals surface area contributed by atoms with Crippen LogP contribution in [-0.4, -0.2) is 44.5 Å². The first-order valence-electron chi connectivity index (χ1n) is 5.15. The second-order valence-electron chi connectivity index (χ2n) is 2.96. The van der Waals surface area contributed by atoms with E-state index in [1.165, 1.54) is 0 Å². The Hall–Kier alpha value is 0.0300. The van der Waals surface area contributed by atoms with Gasteiger partial charge in [-0.2, -0.15) is 0 Å². The second kappa shape index (κ2) is 6.58. The zero-order valence-corrected chi connectivity index (χ0v) is 10.1. The van der Waals surface area contributed by atoms with Gasteiger partial charge in [-0.1, -0.05) is 0 Å². The number of hydrogen-bond donors (Lipinski definition) is 0. The van der Waals surface area contributed by atoms with Crippen LogP contribution in [0.15, 0.2) is 0 Å². The molecule has 0 aliphatic carbocycles. The van der Waals surface area contributed by atoms with Crippen LogP contribution >= 0.6 is 7.75 Å². The summed E-state index contributed by atoms with van der Waals surface area (Å²) in [7, 11) is -3.29. The lowest BCUT2D eigenvalue weighted by atomic mass is 10.5. The van der Waals surface area contributed by atoms with Gasteiger partial charge in [0.15, 0.2) is 0 Å². The Kier molecular flexibility index (Phi) is 5.74. The van der Waals surface area contributed by atoms with E-state index in [1.807, 2.05) is 0 Å². The second-order valence-corrected chi connectivity index (χ2v) is 4.59. The molecule has 0 N–H and O–H groups in total.